The quantitative estimate of drug-likeness (QED) is 0.813. The average Bonchev–Trinajstić information content (AvgIpc) is 2.82. The maximum Gasteiger partial charge on any atom is 0.297 e. The number of carbonyl (C=O) groups is 1. The second kappa shape index (κ2) is 4.86. The van der Waals surface area contributed by atoms with Crippen LogP contribution in [0.1, 0.15) is 34.8 Å². The van der Waals surface area contributed by atoms with Crippen LogP contribution >= 0.6 is 0 Å². The number of aromatic nitrogens is 6. The van der Waals surface area contributed by atoms with Crippen molar-refractivity contribution in [2.24, 2.45) is 0 Å². The van der Waals surface area contributed by atoms with Crippen molar-refractivity contribution in [3.8, 4) is 0 Å². The highest BCUT2D eigenvalue weighted by Crippen LogP contribution is 2.03. The molecule has 0 unspecified atom stereocenters. The topological polar surface area (TPSA) is 109 Å². The number of rotatable bonds is 3. The van der Waals surface area contributed by atoms with Crippen molar-refractivity contribution in [3.05, 3.63) is 23.0 Å². The Morgan fingerprint density at radius 3 is 2.61 bits per heavy atom. The summed E-state index contributed by atoms with van der Waals surface area (Å²) in [6.07, 6.45) is 0.683. The smallest absolute Gasteiger partial charge is 0.286 e. The lowest BCUT2D eigenvalue weighted by Crippen LogP contribution is -2.17. The number of aromatic amines is 1. The summed E-state index contributed by atoms with van der Waals surface area (Å²) < 4.78 is 0. The Kier molecular flexibility index (Phi) is 3.26. The average molecular weight is 247 g/mol. The van der Waals surface area contributed by atoms with E-state index in [1.807, 2.05) is 6.92 Å². The molecule has 2 aromatic rings. The largest absolute Gasteiger partial charge is 0.297 e. The molecule has 8 heteroatoms. The van der Waals surface area contributed by atoms with Crippen LogP contribution in [0, 0.1) is 13.8 Å². The summed E-state index contributed by atoms with van der Waals surface area (Å²) in [5.74, 6) is 0.398. The Balaban J connectivity index is 2.13. The zero-order valence-electron chi connectivity index (χ0n) is 10.4. The number of nitrogens with zero attached hydrogens (tertiary/aromatic N) is 5. The highest BCUT2D eigenvalue weighted by molar-refractivity contribution is 6.00. The van der Waals surface area contributed by atoms with Crippen molar-refractivity contribution in [1.82, 2.24) is 30.4 Å². The summed E-state index contributed by atoms with van der Waals surface area (Å²) in [6.45, 7) is 5.50. The molecule has 0 aromatic carbocycles. The Labute approximate surface area is 103 Å². The van der Waals surface area contributed by atoms with Crippen molar-refractivity contribution in [2.45, 2.75) is 27.2 Å². The molecule has 0 aliphatic heterocycles. The summed E-state index contributed by atoms with van der Waals surface area (Å²) in [7, 11) is 0. The number of H-pyrrole nitrogens is 1. The SMILES string of the molecule is CCc1nc(C(=O)Nc2nnc(C)c(C)n2)n[nH]1. The molecule has 18 heavy (non-hydrogen) atoms. The van der Waals surface area contributed by atoms with Gasteiger partial charge in [0, 0.05) is 6.42 Å². The second-order valence-electron chi connectivity index (χ2n) is 3.72. The van der Waals surface area contributed by atoms with E-state index in [2.05, 4.69) is 35.7 Å². The zero-order chi connectivity index (χ0) is 13.1. The van der Waals surface area contributed by atoms with Gasteiger partial charge in [0.15, 0.2) is 0 Å². The molecule has 94 valence electrons. The maximum atomic E-state index is 11.8. The lowest BCUT2D eigenvalue weighted by molar-refractivity contribution is 0.101. The van der Waals surface area contributed by atoms with E-state index in [1.165, 1.54) is 0 Å². The number of anilines is 1. The van der Waals surface area contributed by atoms with E-state index in [-0.39, 0.29) is 11.8 Å². The fourth-order valence-electron chi connectivity index (χ4n) is 1.22. The monoisotopic (exact) mass is 247 g/mol. The first-order valence-corrected chi connectivity index (χ1v) is 5.50. The van der Waals surface area contributed by atoms with Crippen LogP contribution in [0.4, 0.5) is 5.95 Å². The molecule has 0 aliphatic rings. The minimum atomic E-state index is -0.462. The van der Waals surface area contributed by atoms with Gasteiger partial charge in [0.2, 0.25) is 11.8 Å². The van der Waals surface area contributed by atoms with Crippen LogP contribution in [0.5, 0.6) is 0 Å². The van der Waals surface area contributed by atoms with Crippen LogP contribution in [-0.2, 0) is 6.42 Å². The van der Waals surface area contributed by atoms with Crippen molar-refractivity contribution in [1.29, 1.82) is 0 Å². The third kappa shape index (κ3) is 2.47. The molecule has 2 aromatic heterocycles. The first-order valence-electron chi connectivity index (χ1n) is 5.50. The zero-order valence-corrected chi connectivity index (χ0v) is 10.4. The molecule has 0 spiro atoms. The molecule has 2 N–H and O–H groups in total. The van der Waals surface area contributed by atoms with Crippen molar-refractivity contribution in [2.75, 3.05) is 5.32 Å². The van der Waals surface area contributed by atoms with Gasteiger partial charge >= 0.3 is 0 Å². The Morgan fingerprint density at radius 1 is 1.22 bits per heavy atom. The van der Waals surface area contributed by atoms with Crippen LogP contribution in [0.2, 0.25) is 0 Å². The van der Waals surface area contributed by atoms with Gasteiger partial charge in [-0.25, -0.2) is 9.97 Å². The lowest BCUT2D eigenvalue weighted by atomic mass is 10.4. The first kappa shape index (κ1) is 12.1. The molecule has 0 radical (unpaired) electrons. The highest BCUT2D eigenvalue weighted by Gasteiger charge is 2.14. The van der Waals surface area contributed by atoms with Crippen molar-refractivity contribution < 1.29 is 4.79 Å². The van der Waals surface area contributed by atoms with Gasteiger partial charge in [-0.15, -0.1) is 10.2 Å². The maximum absolute atomic E-state index is 11.8. The Hall–Kier alpha value is -2.38. The molecule has 2 heterocycles. The van der Waals surface area contributed by atoms with E-state index in [1.54, 1.807) is 13.8 Å². The minimum Gasteiger partial charge on any atom is -0.286 e. The predicted octanol–water partition coefficient (Wildman–Crippen LogP) is 0.421. The predicted molar refractivity (Wildman–Crippen MR) is 63.0 cm³/mol. The number of aryl methyl sites for hydroxylation is 3. The summed E-state index contributed by atoms with van der Waals surface area (Å²) in [4.78, 5) is 19.9. The standard InChI is InChI=1S/C10H13N7O/c1-4-7-12-8(16-15-7)9(18)13-10-11-5(2)6(3)14-17-10/h4H2,1-3H3,(H,12,15,16)(H,11,13,17,18). The van der Waals surface area contributed by atoms with Gasteiger partial charge in [-0.05, 0) is 13.8 Å². The number of carbonyl (C=O) groups excluding carboxylic acids is 1. The number of hydrogen-bond acceptors (Lipinski definition) is 6. The van der Waals surface area contributed by atoms with Gasteiger partial charge < -0.3 is 0 Å². The van der Waals surface area contributed by atoms with Crippen molar-refractivity contribution >= 4 is 11.9 Å². The van der Waals surface area contributed by atoms with E-state index >= 15 is 0 Å². The normalized spacial score (nSPS) is 10.4. The summed E-state index contributed by atoms with van der Waals surface area (Å²) in [5, 5.41) is 16.6. The van der Waals surface area contributed by atoms with Gasteiger partial charge in [-0.3, -0.25) is 15.2 Å². The summed E-state index contributed by atoms with van der Waals surface area (Å²) in [6, 6.07) is 0. The van der Waals surface area contributed by atoms with E-state index in [0.29, 0.717) is 17.9 Å². The Bertz CT molecular complexity index is 577. The molecule has 0 aliphatic carbocycles. The van der Waals surface area contributed by atoms with Crippen molar-refractivity contribution in [3.63, 3.8) is 0 Å². The fraction of sp³-hybridized carbons (Fsp3) is 0.400. The first-order chi connectivity index (χ1) is 8.60. The molecule has 0 saturated heterocycles. The number of nitrogens with one attached hydrogen (secondary N) is 2. The van der Waals surface area contributed by atoms with Gasteiger partial charge in [-0.2, -0.15) is 5.10 Å². The second-order valence-corrected chi connectivity index (χ2v) is 3.72. The molecule has 0 atom stereocenters. The molecule has 0 bridgehead atoms. The number of hydrogen-bond donors (Lipinski definition) is 2. The minimum absolute atomic E-state index is 0.0636. The van der Waals surface area contributed by atoms with Crippen LogP contribution in [-0.4, -0.2) is 36.3 Å². The fourth-order valence-corrected chi connectivity index (χ4v) is 1.22. The molecule has 0 saturated carbocycles. The third-order valence-electron chi connectivity index (χ3n) is 2.39. The molecule has 1 amide bonds. The number of amides is 1. The highest BCUT2D eigenvalue weighted by atomic mass is 16.2. The third-order valence-corrected chi connectivity index (χ3v) is 2.39. The van der Waals surface area contributed by atoms with Crippen LogP contribution in [0.25, 0.3) is 0 Å². The molecular weight excluding hydrogens is 234 g/mol. The van der Waals surface area contributed by atoms with E-state index in [4.69, 9.17) is 0 Å². The van der Waals surface area contributed by atoms with Gasteiger partial charge in [0.05, 0.1) is 11.4 Å². The van der Waals surface area contributed by atoms with Crippen LogP contribution < -0.4 is 5.32 Å². The van der Waals surface area contributed by atoms with Crippen LogP contribution in [0.3, 0.4) is 0 Å². The van der Waals surface area contributed by atoms with Crippen LogP contribution in [0.15, 0.2) is 0 Å². The van der Waals surface area contributed by atoms with E-state index < -0.39 is 5.91 Å². The van der Waals surface area contributed by atoms with E-state index in [0.717, 1.165) is 5.69 Å². The molecule has 8 nitrogen and oxygen atoms in total. The lowest BCUT2D eigenvalue weighted by Gasteiger charge is -2.01. The van der Waals surface area contributed by atoms with E-state index in [9.17, 15) is 4.79 Å². The summed E-state index contributed by atoms with van der Waals surface area (Å²) >= 11 is 0. The van der Waals surface area contributed by atoms with Gasteiger partial charge in [-0.1, -0.05) is 6.92 Å². The van der Waals surface area contributed by atoms with Gasteiger partial charge in [0.25, 0.3) is 5.91 Å². The summed E-state index contributed by atoms with van der Waals surface area (Å²) in [5.41, 5.74) is 1.43. The molecule has 0 fully saturated rings. The Morgan fingerprint density at radius 2 is 2.00 bits per heavy atom. The molecular formula is C10H13N7O. The molecule has 2 rings (SSSR count). The van der Waals surface area contributed by atoms with Gasteiger partial charge in [0.1, 0.15) is 5.82 Å².